The van der Waals surface area contributed by atoms with E-state index in [0.29, 0.717) is 13.1 Å². The van der Waals surface area contributed by atoms with E-state index in [1.165, 1.54) is 22.3 Å². The second-order valence-corrected chi connectivity index (χ2v) is 5.98. The van der Waals surface area contributed by atoms with Crippen molar-refractivity contribution >= 4 is 5.97 Å². The fourth-order valence-corrected chi connectivity index (χ4v) is 2.85. The molecule has 0 aromatic heterocycles. The first kappa shape index (κ1) is 14.8. The second-order valence-electron chi connectivity index (χ2n) is 5.98. The van der Waals surface area contributed by atoms with E-state index in [0.717, 1.165) is 13.0 Å². The molecular formula is C19H21NO2. The molecule has 0 spiro atoms. The zero-order valence-electron chi connectivity index (χ0n) is 12.8. The molecule has 0 atom stereocenters. The predicted molar refractivity (Wildman–Crippen MR) is 87.7 cm³/mol. The van der Waals surface area contributed by atoms with E-state index in [1.54, 1.807) is 0 Å². The lowest BCUT2D eigenvalue weighted by Gasteiger charge is -2.36. The van der Waals surface area contributed by atoms with Gasteiger partial charge in [0.15, 0.2) is 0 Å². The van der Waals surface area contributed by atoms with Crippen LogP contribution >= 0.6 is 0 Å². The molecule has 114 valence electrons. The quantitative estimate of drug-likeness (QED) is 0.918. The van der Waals surface area contributed by atoms with Crippen molar-refractivity contribution in [1.82, 2.24) is 4.90 Å². The molecule has 1 saturated heterocycles. The Labute approximate surface area is 131 Å². The highest BCUT2D eigenvalue weighted by Gasteiger charge is 2.31. The summed E-state index contributed by atoms with van der Waals surface area (Å²) >= 11 is 0. The van der Waals surface area contributed by atoms with E-state index in [4.69, 9.17) is 5.11 Å². The predicted octanol–water partition coefficient (Wildman–Crippen LogP) is 3.43. The largest absolute Gasteiger partial charge is 0.481 e. The molecule has 1 aliphatic heterocycles. The molecule has 0 bridgehead atoms. The van der Waals surface area contributed by atoms with Gasteiger partial charge in [-0.15, -0.1) is 0 Å². The third kappa shape index (κ3) is 3.20. The number of aryl methyl sites for hydroxylation is 1. The average molecular weight is 295 g/mol. The van der Waals surface area contributed by atoms with E-state index < -0.39 is 5.97 Å². The van der Waals surface area contributed by atoms with Crippen molar-refractivity contribution < 1.29 is 9.90 Å². The van der Waals surface area contributed by atoms with Crippen LogP contribution in [0, 0.1) is 5.92 Å². The molecule has 1 N–H and O–H groups in total. The molecule has 0 saturated carbocycles. The number of hydrogen-bond acceptors (Lipinski definition) is 2. The van der Waals surface area contributed by atoms with Crippen LogP contribution in [0.5, 0.6) is 0 Å². The van der Waals surface area contributed by atoms with Gasteiger partial charge < -0.3 is 5.11 Å². The van der Waals surface area contributed by atoms with Crippen LogP contribution in [0.2, 0.25) is 0 Å². The van der Waals surface area contributed by atoms with Gasteiger partial charge in [0.1, 0.15) is 0 Å². The summed E-state index contributed by atoms with van der Waals surface area (Å²) < 4.78 is 0. The summed E-state index contributed by atoms with van der Waals surface area (Å²) in [5.41, 5.74) is 5.04. The molecule has 1 heterocycles. The van der Waals surface area contributed by atoms with Crippen molar-refractivity contribution in [3.63, 3.8) is 0 Å². The zero-order chi connectivity index (χ0) is 15.5. The SMILES string of the molecule is CCc1ccc(-c2ccc(CN3CC(C(=O)O)C3)cc2)cc1. The van der Waals surface area contributed by atoms with Crippen LogP contribution in [0.4, 0.5) is 0 Å². The van der Waals surface area contributed by atoms with Crippen LogP contribution in [0.3, 0.4) is 0 Å². The second kappa shape index (κ2) is 6.32. The van der Waals surface area contributed by atoms with E-state index in [-0.39, 0.29) is 5.92 Å². The number of aliphatic carboxylic acids is 1. The summed E-state index contributed by atoms with van der Waals surface area (Å²) in [5, 5.41) is 8.89. The first-order valence-electron chi connectivity index (χ1n) is 7.79. The van der Waals surface area contributed by atoms with Gasteiger partial charge in [-0.1, -0.05) is 55.5 Å². The van der Waals surface area contributed by atoms with Crippen molar-refractivity contribution in [2.24, 2.45) is 5.92 Å². The maximum absolute atomic E-state index is 10.8. The molecule has 0 amide bonds. The lowest BCUT2D eigenvalue weighted by molar-refractivity contribution is -0.147. The first-order chi connectivity index (χ1) is 10.7. The molecule has 3 rings (SSSR count). The number of carboxylic acids is 1. The molecule has 3 heteroatoms. The highest BCUT2D eigenvalue weighted by Crippen LogP contribution is 2.23. The van der Waals surface area contributed by atoms with Crippen LogP contribution in [-0.2, 0) is 17.8 Å². The monoisotopic (exact) mass is 295 g/mol. The van der Waals surface area contributed by atoms with Gasteiger partial charge in [-0.25, -0.2) is 0 Å². The minimum Gasteiger partial charge on any atom is -0.481 e. The van der Waals surface area contributed by atoms with Crippen molar-refractivity contribution in [2.45, 2.75) is 19.9 Å². The number of benzene rings is 2. The van der Waals surface area contributed by atoms with E-state index >= 15 is 0 Å². The fourth-order valence-electron chi connectivity index (χ4n) is 2.85. The van der Waals surface area contributed by atoms with Crippen molar-refractivity contribution in [2.75, 3.05) is 13.1 Å². The van der Waals surface area contributed by atoms with E-state index in [9.17, 15) is 4.79 Å². The van der Waals surface area contributed by atoms with Gasteiger partial charge in [0.25, 0.3) is 0 Å². The van der Waals surface area contributed by atoms with E-state index in [1.807, 2.05) is 0 Å². The minimum absolute atomic E-state index is 0.184. The van der Waals surface area contributed by atoms with E-state index in [2.05, 4.69) is 60.4 Å². The molecule has 0 radical (unpaired) electrons. The number of rotatable bonds is 5. The maximum Gasteiger partial charge on any atom is 0.309 e. The normalized spacial score (nSPS) is 15.5. The van der Waals surface area contributed by atoms with Gasteiger partial charge in [-0.3, -0.25) is 9.69 Å². The number of carbonyl (C=O) groups is 1. The van der Waals surface area contributed by atoms with Crippen molar-refractivity contribution in [1.29, 1.82) is 0 Å². The molecule has 2 aromatic carbocycles. The summed E-state index contributed by atoms with van der Waals surface area (Å²) in [5.74, 6) is -0.863. The Morgan fingerprint density at radius 2 is 1.50 bits per heavy atom. The topological polar surface area (TPSA) is 40.5 Å². The van der Waals surface area contributed by atoms with Crippen LogP contribution in [-0.4, -0.2) is 29.1 Å². The Morgan fingerprint density at radius 3 is 1.95 bits per heavy atom. The molecule has 3 nitrogen and oxygen atoms in total. The smallest absolute Gasteiger partial charge is 0.309 e. The maximum atomic E-state index is 10.8. The molecule has 1 aliphatic rings. The number of hydrogen-bond donors (Lipinski definition) is 1. The van der Waals surface area contributed by atoms with Crippen LogP contribution in [0.25, 0.3) is 11.1 Å². The lowest BCUT2D eigenvalue weighted by atomic mass is 9.98. The zero-order valence-corrected chi connectivity index (χ0v) is 12.8. The molecule has 22 heavy (non-hydrogen) atoms. The Balaban J connectivity index is 1.61. The Hall–Kier alpha value is -2.13. The molecule has 0 aliphatic carbocycles. The van der Waals surface area contributed by atoms with Gasteiger partial charge in [0, 0.05) is 19.6 Å². The van der Waals surface area contributed by atoms with Gasteiger partial charge in [-0.05, 0) is 28.7 Å². The third-order valence-corrected chi connectivity index (χ3v) is 4.36. The Kier molecular flexibility index (Phi) is 4.25. The van der Waals surface area contributed by atoms with Gasteiger partial charge in [0.2, 0.25) is 0 Å². The van der Waals surface area contributed by atoms with Gasteiger partial charge in [-0.2, -0.15) is 0 Å². The standard InChI is InChI=1S/C19H21NO2/c1-2-14-3-7-16(8-4-14)17-9-5-15(6-10-17)11-20-12-18(13-20)19(21)22/h3-10,18H,2,11-13H2,1H3,(H,21,22). The lowest BCUT2D eigenvalue weighted by Crippen LogP contribution is -2.49. The summed E-state index contributed by atoms with van der Waals surface area (Å²) in [6.45, 7) is 4.32. The fraction of sp³-hybridized carbons (Fsp3) is 0.316. The first-order valence-corrected chi connectivity index (χ1v) is 7.79. The minimum atomic E-state index is -0.679. The number of carboxylic acid groups (broad SMARTS) is 1. The third-order valence-electron chi connectivity index (χ3n) is 4.36. The highest BCUT2D eigenvalue weighted by molar-refractivity contribution is 5.71. The van der Waals surface area contributed by atoms with Gasteiger partial charge in [0.05, 0.1) is 5.92 Å². The van der Waals surface area contributed by atoms with Gasteiger partial charge >= 0.3 is 5.97 Å². The molecule has 1 fully saturated rings. The van der Waals surface area contributed by atoms with Crippen LogP contribution in [0.15, 0.2) is 48.5 Å². The molecule has 0 unspecified atom stereocenters. The summed E-state index contributed by atoms with van der Waals surface area (Å²) in [6.07, 6.45) is 1.06. The molecular weight excluding hydrogens is 274 g/mol. The Morgan fingerprint density at radius 1 is 1.00 bits per heavy atom. The number of likely N-dealkylation sites (tertiary alicyclic amines) is 1. The Bertz CT molecular complexity index is 640. The van der Waals surface area contributed by atoms with Crippen LogP contribution < -0.4 is 0 Å². The average Bonchev–Trinajstić information content (AvgIpc) is 2.51. The number of nitrogens with zero attached hydrogens (tertiary/aromatic N) is 1. The van der Waals surface area contributed by atoms with Crippen molar-refractivity contribution in [3.05, 3.63) is 59.7 Å². The summed E-state index contributed by atoms with van der Waals surface area (Å²) in [6, 6.07) is 17.2. The summed E-state index contributed by atoms with van der Waals surface area (Å²) in [7, 11) is 0. The molecule has 2 aromatic rings. The van der Waals surface area contributed by atoms with Crippen molar-refractivity contribution in [3.8, 4) is 11.1 Å². The summed E-state index contributed by atoms with van der Waals surface area (Å²) in [4.78, 5) is 13.0. The van der Waals surface area contributed by atoms with Crippen LogP contribution in [0.1, 0.15) is 18.1 Å². The highest BCUT2D eigenvalue weighted by atomic mass is 16.4.